The summed E-state index contributed by atoms with van der Waals surface area (Å²) >= 11 is 7.81. The van der Waals surface area contributed by atoms with Crippen molar-refractivity contribution in [3.8, 4) is 0 Å². The summed E-state index contributed by atoms with van der Waals surface area (Å²) in [6.45, 7) is 4.17. The van der Waals surface area contributed by atoms with E-state index < -0.39 is 0 Å². The van der Waals surface area contributed by atoms with E-state index in [1.807, 2.05) is 47.6 Å². The van der Waals surface area contributed by atoms with Gasteiger partial charge in [0, 0.05) is 36.6 Å². The molecule has 142 valence electrons. The first-order valence-corrected chi connectivity index (χ1v) is 10.6. The molecule has 0 saturated carbocycles. The lowest BCUT2D eigenvalue weighted by Crippen LogP contribution is -2.50. The summed E-state index contributed by atoms with van der Waals surface area (Å²) in [5.41, 5.74) is 2.44. The molecule has 0 atom stereocenters. The largest absolute Gasteiger partial charge is 0.335 e. The Bertz CT molecular complexity index is 831. The number of thioether (sulfide) groups is 1. The van der Waals surface area contributed by atoms with Crippen molar-refractivity contribution in [2.75, 3.05) is 32.4 Å². The molecule has 2 aromatic carbocycles. The summed E-state index contributed by atoms with van der Waals surface area (Å²) in [5.74, 6) is -0.0533. The molecule has 0 radical (unpaired) electrons. The molecule has 27 heavy (non-hydrogen) atoms. The van der Waals surface area contributed by atoms with Gasteiger partial charge in [0.25, 0.3) is 11.8 Å². The zero-order valence-corrected chi connectivity index (χ0v) is 17.1. The van der Waals surface area contributed by atoms with Crippen LogP contribution in [0.5, 0.6) is 0 Å². The third kappa shape index (κ3) is 4.47. The fraction of sp³-hybridized carbons (Fsp3) is 0.333. The van der Waals surface area contributed by atoms with Gasteiger partial charge in [-0.3, -0.25) is 9.59 Å². The van der Waals surface area contributed by atoms with Crippen LogP contribution in [0.25, 0.3) is 0 Å². The highest BCUT2D eigenvalue weighted by Gasteiger charge is 2.26. The molecule has 2 aromatic rings. The van der Waals surface area contributed by atoms with Gasteiger partial charge in [-0.1, -0.05) is 30.7 Å². The fourth-order valence-corrected chi connectivity index (χ4v) is 3.78. The number of benzene rings is 2. The Kier molecular flexibility index (Phi) is 6.45. The second-order valence-electron chi connectivity index (χ2n) is 6.48. The van der Waals surface area contributed by atoms with E-state index in [0.717, 1.165) is 11.3 Å². The molecule has 0 unspecified atom stereocenters. The third-order valence-electron chi connectivity index (χ3n) is 4.87. The van der Waals surface area contributed by atoms with Crippen LogP contribution < -0.4 is 0 Å². The monoisotopic (exact) mass is 402 g/mol. The maximum atomic E-state index is 12.8. The van der Waals surface area contributed by atoms with Crippen LogP contribution in [0.2, 0.25) is 5.02 Å². The highest BCUT2D eigenvalue weighted by Crippen LogP contribution is 2.24. The van der Waals surface area contributed by atoms with E-state index in [1.54, 1.807) is 22.7 Å². The van der Waals surface area contributed by atoms with Crippen LogP contribution >= 0.6 is 23.4 Å². The molecule has 1 fully saturated rings. The van der Waals surface area contributed by atoms with Crippen molar-refractivity contribution in [2.45, 2.75) is 18.2 Å². The van der Waals surface area contributed by atoms with Crippen LogP contribution in [0.15, 0.2) is 47.4 Å². The fourth-order valence-electron chi connectivity index (χ4n) is 3.14. The van der Waals surface area contributed by atoms with E-state index >= 15 is 0 Å². The van der Waals surface area contributed by atoms with Crippen molar-refractivity contribution in [3.05, 3.63) is 64.2 Å². The van der Waals surface area contributed by atoms with Crippen LogP contribution in [0.4, 0.5) is 0 Å². The van der Waals surface area contributed by atoms with Gasteiger partial charge in [0.2, 0.25) is 0 Å². The smallest absolute Gasteiger partial charge is 0.255 e. The van der Waals surface area contributed by atoms with Crippen molar-refractivity contribution in [1.29, 1.82) is 0 Å². The minimum Gasteiger partial charge on any atom is -0.335 e. The minimum absolute atomic E-state index is 0.0205. The van der Waals surface area contributed by atoms with Gasteiger partial charge in [0.15, 0.2) is 0 Å². The molecule has 0 aliphatic carbocycles. The summed E-state index contributed by atoms with van der Waals surface area (Å²) in [5, 5.41) is 0.465. The van der Waals surface area contributed by atoms with Crippen molar-refractivity contribution >= 4 is 35.2 Å². The molecule has 0 spiro atoms. The van der Waals surface area contributed by atoms with Gasteiger partial charge in [-0.05, 0) is 48.6 Å². The summed E-state index contributed by atoms with van der Waals surface area (Å²) < 4.78 is 0. The zero-order valence-electron chi connectivity index (χ0n) is 15.6. The molecule has 3 rings (SSSR count). The molecule has 0 aromatic heterocycles. The Morgan fingerprint density at radius 2 is 1.56 bits per heavy atom. The van der Waals surface area contributed by atoms with Gasteiger partial charge >= 0.3 is 0 Å². The van der Waals surface area contributed by atoms with E-state index in [4.69, 9.17) is 11.6 Å². The van der Waals surface area contributed by atoms with Crippen molar-refractivity contribution < 1.29 is 9.59 Å². The molecule has 1 aliphatic rings. The molecule has 1 heterocycles. The number of hydrogen-bond donors (Lipinski definition) is 0. The molecule has 0 bridgehead atoms. The Balaban J connectivity index is 1.64. The average Bonchev–Trinajstić information content (AvgIpc) is 2.73. The van der Waals surface area contributed by atoms with E-state index in [9.17, 15) is 9.59 Å². The Hall–Kier alpha value is -1.98. The quantitative estimate of drug-likeness (QED) is 0.719. The van der Waals surface area contributed by atoms with Gasteiger partial charge in [0.05, 0.1) is 10.6 Å². The number of aryl methyl sites for hydroxylation is 1. The summed E-state index contributed by atoms with van der Waals surface area (Å²) in [6, 6.07) is 13.3. The third-order valence-corrected chi connectivity index (χ3v) is 5.92. The normalized spacial score (nSPS) is 14.3. The van der Waals surface area contributed by atoms with Crippen molar-refractivity contribution in [3.63, 3.8) is 0 Å². The number of halogens is 1. The van der Waals surface area contributed by atoms with Gasteiger partial charge in [-0.25, -0.2) is 0 Å². The van der Waals surface area contributed by atoms with Crippen molar-refractivity contribution in [1.82, 2.24) is 9.80 Å². The number of carbonyl (C=O) groups excluding carboxylic acids is 2. The first-order chi connectivity index (χ1) is 13.0. The van der Waals surface area contributed by atoms with E-state index in [-0.39, 0.29) is 11.8 Å². The molecule has 4 nitrogen and oxygen atoms in total. The molecule has 6 heteroatoms. The van der Waals surface area contributed by atoms with Gasteiger partial charge in [-0.2, -0.15) is 0 Å². The lowest BCUT2D eigenvalue weighted by atomic mass is 10.1. The Labute approximate surface area is 169 Å². The average molecular weight is 403 g/mol. The lowest BCUT2D eigenvalue weighted by molar-refractivity contribution is 0.0535. The van der Waals surface area contributed by atoms with Crippen LogP contribution in [0.3, 0.4) is 0 Å². The van der Waals surface area contributed by atoms with Gasteiger partial charge in [-0.15, -0.1) is 11.8 Å². The first-order valence-electron chi connectivity index (χ1n) is 9.04. The number of carbonyl (C=O) groups is 2. The Morgan fingerprint density at radius 3 is 2.11 bits per heavy atom. The van der Waals surface area contributed by atoms with Crippen LogP contribution in [-0.4, -0.2) is 54.0 Å². The Morgan fingerprint density at radius 1 is 0.963 bits per heavy atom. The van der Waals surface area contributed by atoms with Crippen LogP contribution in [0, 0.1) is 0 Å². The predicted molar refractivity (Wildman–Crippen MR) is 111 cm³/mol. The molecule has 1 saturated heterocycles. The number of nitrogens with zero attached hydrogens (tertiary/aromatic N) is 2. The second-order valence-corrected chi connectivity index (χ2v) is 7.77. The van der Waals surface area contributed by atoms with E-state index in [1.165, 1.54) is 5.56 Å². The zero-order chi connectivity index (χ0) is 19.4. The van der Waals surface area contributed by atoms with Gasteiger partial charge in [0.1, 0.15) is 0 Å². The van der Waals surface area contributed by atoms with Crippen molar-refractivity contribution in [2.24, 2.45) is 0 Å². The number of amides is 2. The lowest BCUT2D eigenvalue weighted by Gasteiger charge is -2.35. The first kappa shape index (κ1) is 19.8. The molecular weight excluding hydrogens is 380 g/mol. The van der Waals surface area contributed by atoms with Crippen LogP contribution in [-0.2, 0) is 6.42 Å². The summed E-state index contributed by atoms with van der Waals surface area (Å²) in [6.07, 6.45) is 2.92. The van der Waals surface area contributed by atoms with E-state index in [2.05, 4.69) is 6.92 Å². The maximum absolute atomic E-state index is 12.8. The van der Waals surface area contributed by atoms with Gasteiger partial charge < -0.3 is 9.80 Å². The minimum atomic E-state index is -0.0738. The summed E-state index contributed by atoms with van der Waals surface area (Å²) in [4.78, 5) is 30.1. The molecule has 2 amide bonds. The highest BCUT2D eigenvalue weighted by molar-refractivity contribution is 7.98. The topological polar surface area (TPSA) is 40.6 Å². The second kappa shape index (κ2) is 8.81. The maximum Gasteiger partial charge on any atom is 0.255 e. The number of hydrogen-bond acceptors (Lipinski definition) is 3. The molecule has 0 N–H and O–H groups in total. The number of rotatable bonds is 4. The standard InChI is InChI=1S/C21H23ClN2O2S/c1-3-15-4-6-16(7-5-15)20(25)23-10-12-24(13-11-23)21(26)18-14-17(27-2)8-9-19(18)22/h4-9,14H,3,10-13H2,1-2H3. The van der Waals surface area contributed by atoms with E-state index in [0.29, 0.717) is 42.3 Å². The molecular formula is C21H23ClN2O2S. The summed E-state index contributed by atoms with van der Waals surface area (Å²) in [7, 11) is 0. The number of piperazine rings is 1. The molecule has 1 aliphatic heterocycles. The highest BCUT2D eigenvalue weighted by atomic mass is 35.5. The SMILES string of the molecule is CCc1ccc(C(=O)N2CCN(C(=O)c3cc(SC)ccc3Cl)CC2)cc1. The predicted octanol–water partition coefficient (Wildman–Crippen LogP) is 4.22. The van der Waals surface area contributed by atoms with Crippen LogP contribution in [0.1, 0.15) is 33.2 Å².